The zero-order valence-corrected chi connectivity index (χ0v) is 13.6. The maximum absolute atomic E-state index is 12.2. The van der Waals surface area contributed by atoms with Crippen molar-refractivity contribution in [2.75, 3.05) is 13.7 Å². The Morgan fingerprint density at radius 3 is 2.83 bits per heavy atom. The van der Waals surface area contributed by atoms with E-state index in [1.54, 1.807) is 25.3 Å². The van der Waals surface area contributed by atoms with E-state index in [0.717, 1.165) is 5.56 Å². The molecule has 1 N–H and O–H groups in total. The third-order valence-corrected chi connectivity index (χ3v) is 3.84. The van der Waals surface area contributed by atoms with Crippen LogP contribution in [-0.4, -0.2) is 24.7 Å². The fourth-order valence-corrected chi connectivity index (χ4v) is 2.51. The summed E-state index contributed by atoms with van der Waals surface area (Å²) in [6.07, 6.45) is 1.16. The summed E-state index contributed by atoms with van der Waals surface area (Å²) in [5.41, 5.74) is 0.966. The molecule has 0 bridgehead atoms. The summed E-state index contributed by atoms with van der Waals surface area (Å²) in [7, 11) is 1.56. The molecule has 1 amide bonds. The topological polar surface area (TPSA) is 77.5 Å². The molecule has 0 spiro atoms. The van der Waals surface area contributed by atoms with Crippen LogP contribution >= 0.6 is 11.6 Å². The van der Waals surface area contributed by atoms with Gasteiger partial charge < -0.3 is 19.0 Å². The molecule has 0 unspecified atom stereocenters. The molecule has 0 saturated carbocycles. The van der Waals surface area contributed by atoms with E-state index in [1.165, 1.54) is 12.3 Å². The number of nitrogens with one attached hydrogen (secondary N) is 1. The second-order valence-electron chi connectivity index (χ2n) is 5.01. The Morgan fingerprint density at radius 1 is 1.29 bits per heavy atom. The lowest BCUT2D eigenvalue weighted by atomic mass is 10.1. The van der Waals surface area contributed by atoms with Crippen molar-refractivity contribution in [3.63, 3.8) is 0 Å². The lowest BCUT2D eigenvalue weighted by Crippen LogP contribution is -2.29. The SMILES string of the molecule is CO[C@@H](CNC(=O)c1cc(-c2ccco2)on1)c1ccccc1Cl. The first-order valence-corrected chi connectivity index (χ1v) is 7.63. The number of ether oxygens (including phenoxy) is 1. The first-order chi connectivity index (χ1) is 11.7. The highest BCUT2D eigenvalue weighted by Crippen LogP contribution is 2.25. The Balaban J connectivity index is 1.65. The van der Waals surface area contributed by atoms with Crippen molar-refractivity contribution in [2.45, 2.75) is 6.10 Å². The number of benzene rings is 1. The van der Waals surface area contributed by atoms with Crippen molar-refractivity contribution >= 4 is 17.5 Å². The largest absolute Gasteiger partial charge is 0.461 e. The van der Waals surface area contributed by atoms with Crippen molar-refractivity contribution < 1.29 is 18.5 Å². The molecule has 0 radical (unpaired) electrons. The lowest BCUT2D eigenvalue weighted by molar-refractivity contribution is 0.0821. The average Bonchev–Trinajstić information content (AvgIpc) is 3.28. The third-order valence-electron chi connectivity index (χ3n) is 3.49. The van der Waals surface area contributed by atoms with E-state index >= 15 is 0 Å². The summed E-state index contributed by atoms with van der Waals surface area (Å²) in [4.78, 5) is 12.2. The fourth-order valence-electron chi connectivity index (χ4n) is 2.25. The zero-order valence-electron chi connectivity index (χ0n) is 12.9. The minimum Gasteiger partial charge on any atom is -0.461 e. The van der Waals surface area contributed by atoms with E-state index in [4.69, 9.17) is 25.3 Å². The number of hydrogen-bond donors (Lipinski definition) is 1. The van der Waals surface area contributed by atoms with Crippen molar-refractivity contribution in [1.29, 1.82) is 0 Å². The quantitative estimate of drug-likeness (QED) is 0.736. The van der Waals surface area contributed by atoms with Crippen LogP contribution in [0.2, 0.25) is 5.02 Å². The Bertz CT molecular complexity index is 814. The van der Waals surface area contributed by atoms with E-state index in [2.05, 4.69) is 10.5 Å². The molecule has 3 rings (SSSR count). The van der Waals surface area contributed by atoms with E-state index in [9.17, 15) is 4.79 Å². The Hall–Kier alpha value is -2.57. The minimum atomic E-state index is -0.370. The molecule has 7 heteroatoms. The van der Waals surface area contributed by atoms with Gasteiger partial charge in [-0.15, -0.1) is 0 Å². The number of carbonyl (C=O) groups excluding carboxylic acids is 1. The van der Waals surface area contributed by atoms with Gasteiger partial charge in [0.25, 0.3) is 5.91 Å². The standard InChI is InChI=1S/C17H15ClN2O4/c1-22-16(11-5-2-3-6-12(11)18)10-19-17(21)13-9-15(24-20-13)14-7-4-8-23-14/h2-9,16H,10H2,1H3,(H,19,21)/t16-/m0/s1. The molecule has 3 aromatic rings. The highest BCUT2D eigenvalue weighted by atomic mass is 35.5. The highest BCUT2D eigenvalue weighted by molar-refractivity contribution is 6.31. The van der Waals surface area contributed by atoms with Crippen LogP contribution in [0.25, 0.3) is 11.5 Å². The maximum Gasteiger partial charge on any atom is 0.273 e. The smallest absolute Gasteiger partial charge is 0.273 e. The van der Waals surface area contributed by atoms with Crippen LogP contribution in [0.4, 0.5) is 0 Å². The summed E-state index contributed by atoms with van der Waals surface area (Å²) in [6, 6.07) is 12.3. The lowest BCUT2D eigenvalue weighted by Gasteiger charge is -2.17. The van der Waals surface area contributed by atoms with Crippen LogP contribution in [-0.2, 0) is 4.74 Å². The van der Waals surface area contributed by atoms with E-state index in [-0.39, 0.29) is 24.2 Å². The van der Waals surface area contributed by atoms with Crippen LogP contribution < -0.4 is 5.32 Å². The average molecular weight is 347 g/mol. The molecule has 124 valence electrons. The van der Waals surface area contributed by atoms with Gasteiger partial charge in [0.1, 0.15) is 6.10 Å². The van der Waals surface area contributed by atoms with Gasteiger partial charge in [-0.05, 0) is 18.2 Å². The number of halogens is 1. The van der Waals surface area contributed by atoms with Crippen LogP contribution in [0.5, 0.6) is 0 Å². The molecule has 0 saturated heterocycles. The van der Waals surface area contributed by atoms with Crippen molar-refractivity contribution in [1.82, 2.24) is 10.5 Å². The highest BCUT2D eigenvalue weighted by Gasteiger charge is 2.18. The van der Waals surface area contributed by atoms with Gasteiger partial charge in [0.15, 0.2) is 11.5 Å². The summed E-state index contributed by atoms with van der Waals surface area (Å²) in [5, 5.41) is 7.09. The second kappa shape index (κ2) is 7.33. The van der Waals surface area contributed by atoms with Crippen LogP contribution in [0.15, 0.2) is 57.7 Å². The van der Waals surface area contributed by atoms with Crippen molar-refractivity contribution in [2.24, 2.45) is 0 Å². The van der Waals surface area contributed by atoms with E-state index in [0.29, 0.717) is 16.5 Å². The summed E-state index contributed by atoms with van der Waals surface area (Å²) in [5.74, 6) is 0.526. The van der Waals surface area contributed by atoms with Crippen molar-refractivity contribution in [3.8, 4) is 11.5 Å². The summed E-state index contributed by atoms with van der Waals surface area (Å²) < 4.78 is 15.7. The minimum absolute atomic E-state index is 0.162. The van der Waals surface area contributed by atoms with Gasteiger partial charge in [0.2, 0.25) is 5.76 Å². The van der Waals surface area contributed by atoms with Crippen LogP contribution in [0, 0.1) is 0 Å². The van der Waals surface area contributed by atoms with Gasteiger partial charge in [0, 0.05) is 30.3 Å². The number of aromatic nitrogens is 1. The van der Waals surface area contributed by atoms with Gasteiger partial charge in [-0.2, -0.15) is 0 Å². The third kappa shape index (κ3) is 3.50. The number of furan rings is 1. The Kier molecular flexibility index (Phi) is 4.98. The molecule has 1 aromatic carbocycles. The number of rotatable bonds is 6. The number of amides is 1. The molecule has 0 aliphatic heterocycles. The number of methoxy groups -OCH3 is 1. The van der Waals surface area contributed by atoms with E-state index in [1.807, 2.05) is 18.2 Å². The van der Waals surface area contributed by atoms with Crippen LogP contribution in [0.3, 0.4) is 0 Å². The normalized spacial score (nSPS) is 12.1. The molecule has 24 heavy (non-hydrogen) atoms. The molecule has 2 aromatic heterocycles. The first kappa shape index (κ1) is 16.3. The summed E-state index contributed by atoms with van der Waals surface area (Å²) in [6.45, 7) is 0.252. The second-order valence-corrected chi connectivity index (χ2v) is 5.42. The van der Waals surface area contributed by atoms with Gasteiger partial charge in [-0.3, -0.25) is 4.79 Å². The van der Waals surface area contributed by atoms with E-state index < -0.39 is 0 Å². The zero-order chi connectivity index (χ0) is 16.9. The Labute approximate surface area is 143 Å². The van der Waals surface area contributed by atoms with Gasteiger partial charge in [-0.1, -0.05) is 35.0 Å². The molecule has 6 nitrogen and oxygen atoms in total. The predicted octanol–water partition coefficient (Wildman–Crippen LogP) is 3.71. The van der Waals surface area contributed by atoms with Gasteiger partial charge in [-0.25, -0.2) is 0 Å². The predicted molar refractivity (Wildman–Crippen MR) is 87.7 cm³/mol. The molecule has 0 fully saturated rings. The number of hydrogen-bond acceptors (Lipinski definition) is 5. The van der Waals surface area contributed by atoms with Gasteiger partial charge >= 0.3 is 0 Å². The Morgan fingerprint density at radius 2 is 2.12 bits per heavy atom. The number of nitrogens with zero attached hydrogens (tertiary/aromatic N) is 1. The molecular weight excluding hydrogens is 332 g/mol. The molecule has 0 aliphatic carbocycles. The van der Waals surface area contributed by atoms with Crippen LogP contribution in [0.1, 0.15) is 22.2 Å². The maximum atomic E-state index is 12.2. The molecular formula is C17H15ClN2O4. The first-order valence-electron chi connectivity index (χ1n) is 7.25. The van der Waals surface area contributed by atoms with Crippen molar-refractivity contribution in [3.05, 3.63) is 65.0 Å². The summed E-state index contributed by atoms with van der Waals surface area (Å²) >= 11 is 6.16. The fraction of sp³-hybridized carbons (Fsp3) is 0.176. The molecule has 2 heterocycles. The molecule has 0 aliphatic rings. The van der Waals surface area contributed by atoms with Gasteiger partial charge in [0.05, 0.1) is 6.26 Å². The monoisotopic (exact) mass is 346 g/mol. The number of carbonyl (C=O) groups is 1. The molecule has 1 atom stereocenters.